The highest BCUT2D eigenvalue weighted by Crippen LogP contribution is 2.24. The van der Waals surface area contributed by atoms with Crippen LogP contribution in [0.2, 0.25) is 0 Å². The van der Waals surface area contributed by atoms with Gasteiger partial charge < -0.3 is 5.32 Å². The summed E-state index contributed by atoms with van der Waals surface area (Å²) in [4.78, 5) is 22.4. The van der Waals surface area contributed by atoms with Crippen molar-refractivity contribution in [2.24, 2.45) is 0 Å². The highest BCUT2D eigenvalue weighted by molar-refractivity contribution is 14.1. The van der Waals surface area contributed by atoms with Gasteiger partial charge in [-0.15, -0.1) is 0 Å². The first-order valence-corrected chi connectivity index (χ1v) is 6.88. The number of carbonyl (C=O) groups is 1. The summed E-state index contributed by atoms with van der Waals surface area (Å²) in [5.74, 6) is -0.336. The van der Waals surface area contributed by atoms with Gasteiger partial charge in [-0.25, -0.2) is 4.68 Å². The summed E-state index contributed by atoms with van der Waals surface area (Å²) < 4.78 is 2.28. The van der Waals surface area contributed by atoms with E-state index in [0.29, 0.717) is 12.2 Å². The number of hydrogen-bond donors (Lipinski definition) is 1. The topological polar surface area (TPSA) is 90.1 Å². The first-order chi connectivity index (χ1) is 9.52. The van der Waals surface area contributed by atoms with Crippen LogP contribution in [0.25, 0.3) is 5.69 Å². The summed E-state index contributed by atoms with van der Waals surface area (Å²) in [6.07, 6.45) is 3.27. The molecule has 2 rings (SSSR count). The maximum absolute atomic E-state index is 11.7. The molecule has 7 nitrogen and oxygen atoms in total. The van der Waals surface area contributed by atoms with Crippen LogP contribution in [0.5, 0.6) is 0 Å². The number of carbonyl (C=O) groups excluding carboxylic acids is 1. The summed E-state index contributed by atoms with van der Waals surface area (Å²) >= 11 is 2.07. The lowest BCUT2D eigenvalue weighted by Gasteiger charge is -2.06. The van der Waals surface area contributed by atoms with E-state index in [1.165, 1.54) is 16.8 Å². The number of nitro groups is 1. The zero-order valence-electron chi connectivity index (χ0n) is 10.5. The Bertz CT molecular complexity index is 668. The van der Waals surface area contributed by atoms with E-state index in [0.717, 1.165) is 3.57 Å². The fourth-order valence-corrected chi connectivity index (χ4v) is 2.09. The van der Waals surface area contributed by atoms with Crippen LogP contribution < -0.4 is 5.32 Å². The van der Waals surface area contributed by atoms with Gasteiger partial charge in [-0.05, 0) is 41.6 Å². The van der Waals surface area contributed by atoms with Gasteiger partial charge in [-0.2, -0.15) is 5.10 Å². The van der Waals surface area contributed by atoms with Crippen molar-refractivity contribution in [2.75, 3.05) is 6.54 Å². The second kappa shape index (κ2) is 5.99. The minimum Gasteiger partial charge on any atom is -0.352 e. The monoisotopic (exact) mass is 386 g/mol. The van der Waals surface area contributed by atoms with E-state index >= 15 is 0 Å². The summed E-state index contributed by atoms with van der Waals surface area (Å²) in [6.45, 7) is 2.25. The van der Waals surface area contributed by atoms with Crippen LogP contribution in [-0.4, -0.2) is 27.2 Å². The zero-order chi connectivity index (χ0) is 14.7. The Balaban J connectivity index is 2.49. The molecule has 0 spiro atoms. The standard InChI is InChI=1S/C12H11IN4O3/c1-2-14-12(18)8-3-4-10(11(5-8)17(19)20)16-7-9(13)6-15-16/h3-7H,2H2,1H3,(H,14,18). The molecule has 2 aromatic rings. The SMILES string of the molecule is CCNC(=O)c1ccc(-n2cc(I)cn2)c([N+](=O)[O-])c1. The number of nitrogens with zero attached hydrogens (tertiary/aromatic N) is 3. The van der Waals surface area contributed by atoms with Crippen molar-refractivity contribution >= 4 is 34.2 Å². The number of rotatable bonds is 4. The molecule has 0 unspecified atom stereocenters. The molecule has 1 amide bonds. The van der Waals surface area contributed by atoms with Crippen LogP contribution >= 0.6 is 22.6 Å². The number of amides is 1. The van der Waals surface area contributed by atoms with Crippen LogP contribution in [0, 0.1) is 13.7 Å². The second-order valence-electron chi connectivity index (χ2n) is 3.92. The second-order valence-corrected chi connectivity index (χ2v) is 5.17. The van der Waals surface area contributed by atoms with E-state index in [4.69, 9.17) is 0 Å². The molecule has 0 bridgehead atoms. The highest BCUT2D eigenvalue weighted by Gasteiger charge is 2.19. The van der Waals surface area contributed by atoms with Gasteiger partial charge >= 0.3 is 0 Å². The molecule has 1 aromatic heterocycles. The van der Waals surface area contributed by atoms with Gasteiger partial charge in [0.2, 0.25) is 0 Å². The maximum atomic E-state index is 11.7. The van der Waals surface area contributed by atoms with E-state index in [2.05, 4.69) is 33.0 Å². The van der Waals surface area contributed by atoms with E-state index in [9.17, 15) is 14.9 Å². The van der Waals surface area contributed by atoms with E-state index in [1.807, 2.05) is 0 Å². The van der Waals surface area contributed by atoms with Gasteiger partial charge in [0.15, 0.2) is 0 Å². The van der Waals surface area contributed by atoms with Gasteiger partial charge in [0.1, 0.15) is 5.69 Å². The third kappa shape index (κ3) is 2.95. The van der Waals surface area contributed by atoms with E-state index in [-0.39, 0.29) is 17.2 Å². The van der Waals surface area contributed by atoms with Gasteiger partial charge in [-0.1, -0.05) is 0 Å². The number of nitro benzene ring substituents is 1. The molecule has 1 N–H and O–H groups in total. The fraction of sp³-hybridized carbons (Fsp3) is 0.167. The molecule has 0 aliphatic rings. The molecule has 0 atom stereocenters. The Hall–Kier alpha value is -1.97. The smallest absolute Gasteiger partial charge is 0.295 e. The van der Waals surface area contributed by atoms with Gasteiger partial charge in [0, 0.05) is 24.4 Å². The number of hydrogen-bond acceptors (Lipinski definition) is 4. The van der Waals surface area contributed by atoms with Gasteiger partial charge in [0.05, 0.1) is 14.7 Å². The van der Waals surface area contributed by atoms with Crippen molar-refractivity contribution in [2.45, 2.75) is 6.92 Å². The molecule has 0 aliphatic carbocycles. The summed E-state index contributed by atoms with van der Waals surface area (Å²) in [5, 5.41) is 17.8. The van der Waals surface area contributed by atoms with Crippen molar-refractivity contribution in [3.05, 3.63) is 49.8 Å². The molecular weight excluding hydrogens is 375 g/mol. The van der Waals surface area contributed by atoms with Crippen molar-refractivity contribution in [1.29, 1.82) is 0 Å². The molecule has 8 heteroatoms. The lowest BCUT2D eigenvalue weighted by atomic mass is 10.1. The third-order valence-electron chi connectivity index (χ3n) is 2.57. The summed E-state index contributed by atoms with van der Waals surface area (Å²) in [6, 6.07) is 4.32. The van der Waals surface area contributed by atoms with Crippen LogP contribution in [0.3, 0.4) is 0 Å². The predicted molar refractivity (Wildman–Crippen MR) is 80.9 cm³/mol. The molecule has 0 aliphatic heterocycles. The predicted octanol–water partition coefficient (Wildman–Crippen LogP) is 2.13. The Morgan fingerprint density at radius 1 is 1.55 bits per heavy atom. The van der Waals surface area contributed by atoms with Crippen molar-refractivity contribution in [3.8, 4) is 5.69 Å². The van der Waals surface area contributed by atoms with Gasteiger partial charge in [-0.3, -0.25) is 14.9 Å². The molecule has 1 aromatic carbocycles. The van der Waals surface area contributed by atoms with E-state index in [1.54, 1.807) is 25.4 Å². The Kier molecular flexibility index (Phi) is 4.32. The fourth-order valence-electron chi connectivity index (χ4n) is 1.70. The molecular formula is C12H11IN4O3. The number of nitrogens with one attached hydrogen (secondary N) is 1. The minimum atomic E-state index is -0.521. The summed E-state index contributed by atoms with van der Waals surface area (Å²) in [7, 11) is 0. The molecule has 0 fully saturated rings. The van der Waals surface area contributed by atoms with Crippen LogP contribution in [0.4, 0.5) is 5.69 Å². The molecule has 20 heavy (non-hydrogen) atoms. The maximum Gasteiger partial charge on any atom is 0.295 e. The Labute approximate surface area is 128 Å². The molecule has 0 saturated heterocycles. The average molecular weight is 386 g/mol. The van der Waals surface area contributed by atoms with Crippen LogP contribution in [0.1, 0.15) is 17.3 Å². The first kappa shape index (κ1) is 14.4. The number of benzene rings is 1. The first-order valence-electron chi connectivity index (χ1n) is 5.80. The van der Waals surface area contributed by atoms with Crippen LogP contribution in [0.15, 0.2) is 30.6 Å². The van der Waals surface area contributed by atoms with Crippen LogP contribution in [-0.2, 0) is 0 Å². The van der Waals surface area contributed by atoms with Crippen molar-refractivity contribution in [3.63, 3.8) is 0 Å². The summed E-state index contributed by atoms with van der Waals surface area (Å²) in [5.41, 5.74) is 0.420. The zero-order valence-corrected chi connectivity index (χ0v) is 12.7. The molecule has 0 radical (unpaired) electrons. The lowest BCUT2D eigenvalue weighted by molar-refractivity contribution is -0.384. The van der Waals surface area contributed by atoms with Gasteiger partial charge in [0.25, 0.3) is 11.6 Å². The third-order valence-corrected chi connectivity index (χ3v) is 3.13. The quantitative estimate of drug-likeness (QED) is 0.495. The number of aromatic nitrogens is 2. The van der Waals surface area contributed by atoms with E-state index < -0.39 is 4.92 Å². The normalized spacial score (nSPS) is 10.3. The number of halogens is 1. The highest BCUT2D eigenvalue weighted by atomic mass is 127. The molecule has 0 saturated carbocycles. The lowest BCUT2D eigenvalue weighted by Crippen LogP contribution is -2.22. The minimum absolute atomic E-state index is 0.159. The van der Waals surface area contributed by atoms with Crippen molar-refractivity contribution in [1.82, 2.24) is 15.1 Å². The largest absolute Gasteiger partial charge is 0.352 e. The average Bonchev–Trinajstić information content (AvgIpc) is 2.84. The van der Waals surface area contributed by atoms with Crippen molar-refractivity contribution < 1.29 is 9.72 Å². The Morgan fingerprint density at radius 3 is 2.85 bits per heavy atom. The Morgan fingerprint density at radius 2 is 2.30 bits per heavy atom. The molecule has 1 heterocycles. The molecule has 104 valence electrons.